The number of nitrogens with one attached hydrogen (secondary N) is 2. The maximum absolute atomic E-state index is 13.5. The lowest BCUT2D eigenvalue weighted by Gasteiger charge is -2.38. The van der Waals surface area contributed by atoms with Crippen LogP contribution in [0.5, 0.6) is 0 Å². The van der Waals surface area contributed by atoms with E-state index in [4.69, 9.17) is 0 Å². The zero-order valence-electron chi connectivity index (χ0n) is 18.1. The monoisotopic (exact) mass is 469 g/mol. The van der Waals surface area contributed by atoms with Crippen molar-refractivity contribution in [1.82, 2.24) is 15.5 Å². The number of hydrogen-bond acceptors (Lipinski definition) is 5. The number of nitrogens with zero attached hydrogens (tertiary/aromatic N) is 1. The van der Waals surface area contributed by atoms with Crippen LogP contribution in [-0.2, 0) is 15.8 Å². The number of halogens is 4. The van der Waals surface area contributed by atoms with Crippen molar-refractivity contribution in [2.24, 2.45) is 11.8 Å². The van der Waals surface area contributed by atoms with E-state index in [9.17, 15) is 31.9 Å². The number of hydrogen-bond donors (Lipinski definition) is 2. The van der Waals surface area contributed by atoms with Gasteiger partial charge in [-0.2, -0.15) is 13.2 Å². The van der Waals surface area contributed by atoms with Gasteiger partial charge in [-0.15, -0.1) is 0 Å². The summed E-state index contributed by atoms with van der Waals surface area (Å²) in [4.78, 5) is 39.3. The van der Waals surface area contributed by atoms with Crippen LogP contribution in [0.15, 0.2) is 18.2 Å². The highest BCUT2D eigenvalue weighted by Crippen LogP contribution is 2.37. The van der Waals surface area contributed by atoms with Crippen LogP contribution >= 0.6 is 0 Å². The first-order valence-corrected chi connectivity index (χ1v) is 11.3. The number of rotatable bonds is 6. The highest BCUT2D eigenvalue weighted by Gasteiger charge is 2.55. The molecule has 0 aromatic heterocycles. The molecule has 2 heterocycles. The molecule has 0 radical (unpaired) electrons. The van der Waals surface area contributed by atoms with Gasteiger partial charge in [0.15, 0.2) is 5.78 Å². The lowest BCUT2D eigenvalue weighted by molar-refractivity contribution is -0.137. The van der Waals surface area contributed by atoms with Gasteiger partial charge in [0, 0.05) is 18.5 Å². The standard InChI is InChI=1S/C23H27F4N3O3/c24-17-10-15(9-16(11-17)23(25,26)27)21(33)28-13-14-1-6-30(7-2-14)8-3-18-19(31)12-22(20(18)32)4-5-29-22/h9-11,14,18,29H,1-8,12-13H2,(H,28,33). The molecule has 33 heavy (non-hydrogen) atoms. The molecule has 2 saturated heterocycles. The Morgan fingerprint density at radius 2 is 1.88 bits per heavy atom. The van der Waals surface area contributed by atoms with Gasteiger partial charge in [0.05, 0.1) is 17.0 Å². The third-order valence-corrected chi connectivity index (χ3v) is 7.15. The van der Waals surface area contributed by atoms with E-state index in [1.807, 2.05) is 0 Å². The van der Waals surface area contributed by atoms with Crippen molar-refractivity contribution < 1.29 is 31.9 Å². The zero-order chi connectivity index (χ0) is 23.8. The second-order valence-electron chi connectivity index (χ2n) is 9.33. The molecule has 6 nitrogen and oxygen atoms in total. The van der Waals surface area contributed by atoms with Crippen LogP contribution in [0, 0.1) is 17.7 Å². The molecule has 2 unspecified atom stereocenters. The van der Waals surface area contributed by atoms with Crippen molar-refractivity contribution in [3.05, 3.63) is 35.1 Å². The highest BCUT2D eigenvalue weighted by atomic mass is 19.4. The largest absolute Gasteiger partial charge is 0.416 e. The minimum Gasteiger partial charge on any atom is -0.352 e. The number of piperidine rings is 1. The van der Waals surface area contributed by atoms with Crippen LogP contribution in [0.25, 0.3) is 0 Å². The maximum atomic E-state index is 13.5. The molecule has 3 aliphatic rings. The van der Waals surface area contributed by atoms with Crippen LogP contribution in [0.4, 0.5) is 17.6 Å². The maximum Gasteiger partial charge on any atom is 0.416 e. The molecule has 0 bridgehead atoms. The Bertz CT molecular complexity index is 937. The summed E-state index contributed by atoms with van der Waals surface area (Å²) in [6, 6.07) is 1.81. The Kier molecular flexibility index (Phi) is 6.59. The molecule has 4 rings (SSSR count). The van der Waals surface area contributed by atoms with Crippen molar-refractivity contribution in [1.29, 1.82) is 0 Å². The number of carbonyl (C=O) groups is 3. The average Bonchev–Trinajstić information content (AvgIpc) is 3.00. The Hall–Kier alpha value is -2.33. The quantitative estimate of drug-likeness (QED) is 0.495. The summed E-state index contributed by atoms with van der Waals surface area (Å²) >= 11 is 0. The van der Waals surface area contributed by atoms with E-state index in [2.05, 4.69) is 15.5 Å². The van der Waals surface area contributed by atoms with Gasteiger partial charge < -0.3 is 15.5 Å². The van der Waals surface area contributed by atoms with Crippen molar-refractivity contribution >= 4 is 17.5 Å². The number of alkyl halides is 3. The highest BCUT2D eigenvalue weighted by molar-refractivity contribution is 6.14. The Labute approximate surface area is 189 Å². The zero-order valence-corrected chi connectivity index (χ0v) is 18.1. The van der Waals surface area contributed by atoms with Gasteiger partial charge in [0.2, 0.25) is 0 Å². The predicted octanol–water partition coefficient (Wildman–Crippen LogP) is 2.57. The molecule has 1 aromatic rings. The van der Waals surface area contributed by atoms with E-state index in [0.717, 1.165) is 45.0 Å². The molecule has 1 aliphatic carbocycles. The topological polar surface area (TPSA) is 78.5 Å². The first-order chi connectivity index (χ1) is 15.6. The summed E-state index contributed by atoms with van der Waals surface area (Å²) in [5.74, 6) is -2.17. The van der Waals surface area contributed by atoms with E-state index in [0.29, 0.717) is 38.1 Å². The number of benzene rings is 1. The molecule has 1 amide bonds. The Balaban J connectivity index is 1.21. The van der Waals surface area contributed by atoms with Crippen molar-refractivity contribution in [3.63, 3.8) is 0 Å². The fraction of sp³-hybridized carbons (Fsp3) is 0.609. The third-order valence-electron chi connectivity index (χ3n) is 7.15. The van der Waals surface area contributed by atoms with Gasteiger partial charge in [-0.1, -0.05) is 0 Å². The molecule has 10 heteroatoms. The second-order valence-corrected chi connectivity index (χ2v) is 9.33. The van der Waals surface area contributed by atoms with Crippen molar-refractivity contribution in [2.75, 3.05) is 32.7 Å². The first kappa shape index (κ1) is 23.8. The molecular weight excluding hydrogens is 442 g/mol. The van der Waals surface area contributed by atoms with Gasteiger partial charge in [-0.05, 0) is 76.0 Å². The number of carbonyl (C=O) groups excluding carboxylic acids is 3. The number of ketones is 2. The summed E-state index contributed by atoms with van der Waals surface area (Å²) < 4.78 is 52.1. The molecule has 1 saturated carbocycles. The molecule has 2 atom stereocenters. The van der Waals surface area contributed by atoms with Gasteiger partial charge in [-0.3, -0.25) is 14.4 Å². The van der Waals surface area contributed by atoms with E-state index in [1.165, 1.54) is 0 Å². The lowest BCUT2D eigenvalue weighted by Crippen LogP contribution is -2.60. The van der Waals surface area contributed by atoms with Crippen molar-refractivity contribution in [2.45, 2.75) is 43.8 Å². The summed E-state index contributed by atoms with van der Waals surface area (Å²) in [6.07, 6.45) is -1.63. The Morgan fingerprint density at radius 3 is 2.45 bits per heavy atom. The molecule has 2 N–H and O–H groups in total. The normalized spacial score (nSPS) is 26.6. The SMILES string of the molecule is O=C(NCC1CCN(CCC2C(=O)CC3(CCN3)C2=O)CC1)c1cc(F)cc(C(F)(F)F)c1. The molecule has 3 fully saturated rings. The minimum atomic E-state index is -4.73. The van der Waals surface area contributed by atoms with Crippen LogP contribution < -0.4 is 10.6 Å². The fourth-order valence-corrected chi connectivity index (χ4v) is 5.02. The van der Waals surface area contributed by atoms with Gasteiger partial charge >= 0.3 is 6.18 Å². The summed E-state index contributed by atoms with van der Waals surface area (Å²) in [5.41, 5.74) is -2.15. The van der Waals surface area contributed by atoms with E-state index in [-0.39, 0.29) is 23.0 Å². The molecule has 1 spiro atoms. The lowest BCUT2D eigenvalue weighted by atomic mass is 9.84. The van der Waals surface area contributed by atoms with Gasteiger partial charge in [0.25, 0.3) is 5.91 Å². The Morgan fingerprint density at radius 1 is 1.18 bits per heavy atom. The molecular formula is C23H27F4N3O3. The first-order valence-electron chi connectivity index (χ1n) is 11.3. The van der Waals surface area contributed by atoms with E-state index >= 15 is 0 Å². The summed E-state index contributed by atoms with van der Waals surface area (Å²) in [7, 11) is 0. The van der Waals surface area contributed by atoms with E-state index in [1.54, 1.807) is 0 Å². The van der Waals surface area contributed by atoms with Crippen LogP contribution in [0.3, 0.4) is 0 Å². The molecule has 1 aromatic carbocycles. The second kappa shape index (κ2) is 9.13. The number of amides is 1. The fourth-order valence-electron chi connectivity index (χ4n) is 5.02. The van der Waals surface area contributed by atoms with Crippen LogP contribution in [-0.4, -0.2) is 60.6 Å². The molecule has 2 aliphatic heterocycles. The van der Waals surface area contributed by atoms with Gasteiger partial charge in [0.1, 0.15) is 11.6 Å². The minimum absolute atomic E-state index is 0.0239. The smallest absolute Gasteiger partial charge is 0.352 e. The third kappa shape index (κ3) is 5.11. The van der Waals surface area contributed by atoms with Crippen LogP contribution in [0.2, 0.25) is 0 Å². The number of likely N-dealkylation sites (tertiary alicyclic amines) is 1. The summed E-state index contributed by atoms with van der Waals surface area (Å²) in [5, 5.41) is 5.74. The number of Topliss-reactive ketones (excluding diaryl/α,β-unsaturated/α-hetero) is 2. The average molecular weight is 469 g/mol. The van der Waals surface area contributed by atoms with Gasteiger partial charge in [-0.25, -0.2) is 4.39 Å². The van der Waals surface area contributed by atoms with E-state index < -0.39 is 34.9 Å². The summed E-state index contributed by atoms with van der Waals surface area (Å²) in [6.45, 7) is 3.21. The molecule has 180 valence electrons. The predicted molar refractivity (Wildman–Crippen MR) is 111 cm³/mol. The van der Waals surface area contributed by atoms with Crippen molar-refractivity contribution in [3.8, 4) is 0 Å². The van der Waals surface area contributed by atoms with Crippen LogP contribution in [0.1, 0.15) is 48.0 Å².